The second kappa shape index (κ2) is 6.36. The minimum atomic E-state index is -0.0285. The molecule has 0 spiro atoms. The maximum atomic E-state index is 9.05. The molecule has 1 aromatic heterocycles. The van der Waals surface area contributed by atoms with Crippen molar-refractivity contribution in [2.24, 2.45) is 5.92 Å². The molecule has 1 unspecified atom stereocenters. The number of hydrogen-bond donors (Lipinski definition) is 1. The van der Waals surface area contributed by atoms with Gasteiger partial charge in [0.05, 0.1) is 18.2 Å². The van der Waals surface area contributed by atoms with E-state index in [9.17, 15) is 0 Å². The zero-order chi connectivity index (χ0) is 13.0. The molecule has 1 aliphatic heterocycles. The quantitative estimate of drug-likeness (QED) is 0.910. The smallest absolute Gasteiger partial charge is 0.147 e. The van der Waals surface area contributed by atoms with Crippen LogP contribution in [0.5, 0.6) is 0 Å². The van der Waals surface area contributed by atoms with E-state index in [1.54, 1.807) is 19.4 Å². The minimum Gasteiger partial charge on any atom is -0.392 e. The fourth-order valence-electron chi connectivity index (χ4n) is 2.42. The number of aliphatic hydroxyl groups is 1. The third-order valence-electron chi connectivity index (χ3n) is 3.28. The molecule has 18 heavy (non-hydrogen) atoms. The monoisotopic (exact) mass is 270 g/mol. The molecule has 0 radical (unpaired) electrons. The molecule has 1 fully saturated rings. The Bertz CT molecular complexity index is 399. The van der Waals surface area contributed by atoms with Crippen LogP contribution in [-0.4, -0.2) is 36.9 Å². The van der Waals surface area contributed by atoms with Gasteiger partial charge in [-0.25, -0.2) is 4.98 Å². The summed E-state index contributed by atoms with van der Waals surface area (Å²) in [4.78, 5) is 6.57. The first-order valence-corrected chi connectivity index (χ1v) is 6.61. The number of anilines is 1. The fraction of sp³-hybridized carbons (Fsp3) is 0.615. The van der Waals surface area contributed by atoms with E-state index in [4.69, 9.17) is 21.4 Å². The van der Waals surface area contributed by atoms with Crippen molar-refractivity contribution >= 4 is 17.4 Å². The molecule has 1 saturated heterocycles. The average Bonchev–Trinajstić information content (AvgIpc) is 2.39. The summed E-state index contributed by atoms with van der Waals surface area (Å²) in [6.45, 7) is 2.66. The molecular weight excluding hydrogens is 252 g/mol. The summed E-state index contributed by atoms with van der Waals surface area (Å²) < 4.78 is 5.22. The second-order valence-corrected chi connectivity index (χ2v) is 5.12. The van der Waals surface area contributed by atoms with Gasteiger partial charge in [-0.1, -0.05) is 11.6 Å². The molecule has 1 atom stereocenters. The van der Waals surface area contributed by atoms with E-state index in [1.807, 2.05) is 0 Å². The van der Waals surface area contributed by atoms with Crippen LogP contribution in [0.2, 0.25) is 5.02 Å². The topological polar surface area (TPSA) is 45.6 Å². The van der Waals surface area contributed by atoms with Crippen LogP contribution in [0.1, 0.15) is 18.4 Å². The van der Waals surface area contributed by atoms with E-state index in [0.717, 1.165) is 37.5 Å². The van der Waals surface area contributed by atoms with Crippen LogP contribution in [-0.2, 0) is 11.3 Å². The summed E-state index contributed by atoms with van der Waals surface area (Å²) in [7, 11) is 1.74. The minimum absolute atomic E-state index is 0.0285. The van der Waals surface area contributed by atoms with Crippen molar-refractivity contribution in [1.82, 2.24) is 4.98 Å². The molecule has 0 bridgehead atoms. The predicted molar refractivity (Wildman–Crippen MR) is 72.0 cm³/mol. The van der Waals surface area contributed by atoms with Crippen LogP contribution < -0.4 is 4.90 Å². The molecule has 0 saturated carbocycles. The van der Waals surface area contributed by atoms with Gasteiger partial charge in [-0.3, -0.25) is 0 Å². The second-order valence-electron chi connectivity index (χ2n) is 4.72. The molecule has 0 aliphatic carbocycles. The average molecular weight is 271 g/mol. The number of ether oxygens (including phenoxy) is 1. The molecule has 2 heterocycles. The highest BCUT2D eigenvalue weighted by Gasteiger charge is 2.22. The van der Waals surface area contributed by atoms with Crippen molar-refractivity contribution in [1.29, 1.82) is 0 Å². The van der Waals surface area contributed by atoms with E-state index in [-0.39, 0.29) is 6.61 Å². The van der Waals surface area contributed by atoms with Crippen LogP contribution in [0, 0.1) is 5.92 Å². The van der Waals surface area contributed by atoms with Gasteiger partial charge >= 0.3 is 0 Å². The maximum Gasteiger partial charge on any atom is 0.147 e. The Labute approximate surface area is 113 Å². The Morgan fingerprint density at radius 1 is 1.61 bits per heavy atom. The molecule has 0 amide bonds. The SMILES string of the molecule is COCC1CCCN(c2ncc(CO)cc2Cl)C1. The van der Waals surface area contributed by atoms with E-state index in [2.05, 4.69) is 9.88 Å². The van der Waals surface area contributed by atoms with Gasteiger partial charge in [-0.15, -0.1) is 0 Å². The number of pyridine rings is 1. The number of methoxy groups -OCH3 is 1. The van der Waals surface area contributed by atoms with Crippen molar-refractivity contribution < 1.29 is 9.84 Å². The molecule has 1 N–H and O–H groups in total. The lowest BCUT2D eigenvalue weighted by atomic mass is 9.99. The number of hydrogen-bond acceptors (Lipinski definition) is 4. The zero-order valence-corrected chi connectivity index (χ0v) is 11.4. The first kappa shape index (κ1) is 13.6. The molecule has 1 aliphatic rings. The summed E-state index contributed by atoms with van der Waals surface area (Å²) in [6, 6.07) is 1.78. The van der Waals surface area contributed by atoms with Gasteiger partial charge < -0.3 is 14.7 Å². The normalized spacial score (nSPS) is 20.2. The van der Waals surface area contributed by atoms with Gasteiger partial charge in [-0.05, 0) is 30.4 Å². The fourth-order valence-corrected chi connectivity index (χ4v) is 2.73. The summed E-state index contributed by atoms with van der Waals surface area (Å²) in [5.74, 6) is 1.36. The molecule has 0 aromatic carbocycles. The number of nitrogens with zero attached hydrogens (tertiary/aromatic N) is 2. The van der Waals surface area contributed by atoms with Crippen molar-refractivity contribution in [3.8, 4) is 0 Å². The summed E-state index contributed by atoms with van der Waals surface area (Å²) in [5.41, 5.74) is 0.745. The molecular formula is C13H19ClN2O2. The van der Waals surface area contributed by atoms with Gasteiger partial charge in [-0.2, -0.15) is 0 Å². The summed E-state index contributed by atoms with van der Waals surface area (Å²) >= 11 is 6.22. The predicted octanol–water partition coefficient (Wildman–Crippen LogP) is 2.09. The Kier molecular flexibility index (Phi) is 4.80. The number of aliphatic hydroxyl groups excluding tert-OH is 1. The number of rotatable bonds is 4. The number of halogens is 1. The third-order valence-corrected chi connectivity index (χ3v) is 3.56. The van der Waals surface area contributed by atoms with E-state index >= 15 is 0 Å². The highest BCUT2D eigenvalue weighted by Crippen LogP contribution is 2.28. The van der Waals surface area contributed by atoms with Crippen molar-refractivity contribution in [3.63, 3.8) is 0 Å². The highest BCUT2D eigenvalue weighted by atomic mass is 35.5. The maximum absolute atomic E-state index is 9.05. The van der Waals surface area contributed by atoms with Gasteiger partial charge in [0.25, 0.3) is 0 Å². The Hall–Kier alpha value is -0.840. The highest BCUT2D eigenvalue weighted by molar-refractivity contribution is 6.33. The lowest BCUT2D eigenvalue weighted by Gasteiger charge is -2.33. The van der Waals surface area contributed by atoms with E-state index < -0.39 is 0 Å². The van der Waals surface area contributed by atoms with Gasteiger partial charge in [0.15, 0.2) is 0 Å². The lowest BCUT2D eigenvalue weighted by molar-refractivity contribution is 0.143. The first-order valence-electron chi connectivity index (χ1n) is 6.23. The molecule has 5 heteroatoms. The largest absolute Gasteiger partial charge is 0.392 e. The van der Waals surface area contributed by atoms with E-state index in [0.29, 0.717) is 10.9 Å². The Morgan fingerprint density at radius 3 is 3.11 bits per heavy atom. The molecule has 2 rings (SSSR count). The lowest BCUT2D eigenvalue weighted by Crippen LogP contribution is -2.37. The van der Waals surface area contributed by atoms with Gasteiger partial charge in [0, 0.05) is 26.4 Å². The van der Waals surface area contributed by atoms with Crippen molar-refractivity contribution in [3.05, 3.63) is 22.8 Å². The van der Waals surface area contributed by atoms with E-state index in [1.165, 1.54) is 6.42 Å². The van der Waals surface area contributed by atoms with Gasteiger partial charge in [0.2, 0.25) is 0 Å². The molecule has 100 valence electrons. The number of aromatic nitrogens is 1. The summed E-state index contributed by atoms with van der Waals surface area (Å²) in [6.07, 6.45) is 4.01. The van der Waals surface area contributed by atoms with Crippen LogP contribution in [0.25, 0.3) is 0 Å². The molecule has 1 aromatic rings. The standard InChI is InChI=1S/C13H19ClN2O2/c1-18-9-10-3-2-4-16(7-10)13-12(14)5-11(8-17)6-15-13/h5-6,10,17H,2-4,7-9H2,1H3. The van der Waals surface area contributed by atoms with Crippen LogP contribution in [0.4, 0.5) is 5.82 Å². The third kappa shape index (κ3) is 3.13. The van der Waals surface area contributed by atoms with Crippen LogP contribution in [0.15, 0.2) is 12.3 Å². The zero-order valence-electron chi connectivity index (χ0n) is 10.6. The number of piperidine rings is 1. The van der Waals surface area contributed by atoms with Crippen LogP contribution in [0.3, 0.4) is 0 Å². The van der Waals surface area contributed by atoms with Crippen molar-refractivity contribution in [2.75, 3.05) is 31.7 Å². The van der Waals surface area contributed by atoms with Crippen molar-refractivity contribution in [2.45, 2.75) is 19.4 Å². The Morgan fingerprint density at radius 2 is 2.44 bits per heavy atom. The van der Waals surface area contributed by atoms with Crippen LogP contribution >= 0.6 is 11.6 Å². The first-order chi connectivity index (χ1) is 8.74. The molecule has 4 nitrogen and oxygen atoms in total. The van der Waals surface area contributed by atoms with Gasteiger partial charge in [0.1, 0.15) is 5.82 Å². The summed E-state index contributed by atoms with van der Waals surface area (Å²) in [5, 5.41) is 9.66. The Balaban J connectivity index is 2.10.